The van der Waals surface area contributed by atoms with E-state index in [1.807, 2.05) is 30.3 Å². The summed E-state index contributed by atoms with van der Waals surface area (Å²) < 4.78 is 16.7. The fourth-order valence-corrected chi connectivity index (χ4v) is 5.47. The molecular weight excluding hydrogens is 446 g/mol. The molecule has 2 aliphatic rings. The van der Waals surface area contributed by atoms with Crippen molar-refractivity contribution in [2.24, 2.45) is 0 Å². The van der Waals surface area contributed by atoms with Gasteiger partial charge in [-0.25, -0.2) is 0 Å². The van der Waals surface area contributed by atoms with Crippen LogP contribution in [0.5, 0.6) is 17.2 Å². The number of para-hydroxylation sites is 1. The maximum atomic E-state index is 13.7. The Hall–Kier alpha value is -3.68. The van der Waals surface area contributed by atoms with Gasteiger partial charge in [-0.05, 0) is 35.7 Å². The van der Waals surface area contributed by atoms with Crippen LogP contribution in [0.25, 0.3) is 10.9 Å². The Kier molecular flexibility index (Phi) is 6.05. The maximum absolute atomic E-state index is 13.7. The van der Waals surface area contributed by atoms with Crippen LogP contribution >= 0.6 is 0 Å². The maximum Gasteiger partial charge on any atom is 0.246 e. The number of carbonyl (C=O) groups is 2. The van der Waals surface area contributed by atoms with Gasteiger partial charge in [0, 0.05) is 29.6 Å². The fraction of sp³-hybridized carbons (Fsp3) is 0.407. The Morgan fingerprint density at radius 2 is 1.74 bits per heavy atom. The van der Waals surface area contributed by atoms with E-state index in [1.54, 1.807) is 31.1 Å². The van der Waals surface area contributed by atoms with E-state index in [4.69, 9.17) is 14.2 Å². The molecule has 1 N–H and O–H groups in total. The number of rotatable bonds is 7. The van der Waals surface area contributed by atoms with Crippen LogP contribution in [-0.2, 0) is 16.0 Å². The van der Waals surface area contributed by atoms with Gasteiger partial charge in [0.1, 0.15) is 6.04 Å². The monoisotopic (exact) mass is 477 g/mol. The number of fused-ring (bicyclic) bond motifs is 4. The second-order valence-corrected chi connectivity index (χ2v) is 9.06. The highest BCUT2D eigenvalue weighted by atomic mass is 16.5. The van der Waals surface area contributed by atoms with Crippen LogP contribution < -0.4 is 14.2 Å². The molecule has 0 aliphatic carbocycles. The van der Waals surface area contributed by atoms with Crippen LogP contribution in [0, 0.1) is 0 Å². The fourth-order valence-electron chi connectivity index (χ4n) is 5.47. The molecule has 0 radical (unpaired) electrons. The number of aromatic nitrogens is 1. The first-order chi connectivity index (χ1) is 17.0. The Bertz CT molecular complexity index is 1260. The number of piperazine rings is 1. The van der Waals surface area contributed by atoms with Crippen molar-refractivity contribution in [1.29, 1.82) is 0 Å². The normalized spacial score (nSPS) is 19.5. The van der Waals surface area contributed by atoms with E-state index in [0.29, 0.717) is 30.2 Å². The average Bonchev–Trinajstić information content (AvgIpc) is 3.26. The van der Waals surface area contributed by atoms with Crippen molar-refractivity contribution in [2.75, 3.05) is 34.4 Å². The number of ether oxygens (including phenoxy) is 3. The summed E-state index contributed by atoms with van der Waals surface area (Å²) in [5.41, 5.74) is 3.76. The van der Waals surface area contributed by atoms with Gasteiger partial charge in [0.25, 0.3) is 0 Å². The smallest absolute Gasteiger partial charge is 0.246 e. The summed E-state index contributed by atoms with van der Waals surface area (Å²) in [4.78, 5) is 34.3. The van der Waals surface area contributed by atoms with Crippen LogP contribution in [0.1, 0.15) is 42.6 Å². The quantitative estimate of drug-likeness (QED) is 0.561. The predicted octanol–water partition coefficient (Wildman–Crippen LogP) is 3.68. The molecule has 0 unspecified atom stereocenters. The molecule has 1 saturated heterocycles. The number of aromatic amines is 1. The molecule has 2 aliphatic heterocycles. The average molecular weight is 478 g/mol. The molecule has 2 atom stereocenters. The summed E-state index contributed by atoms with van der Waals surface area (Å²) in [6.07, 6.45) is 2.32. The van der Waals surface area contributed by atoms with Crippen LogP contribution in [0.4, 0.5) is 0 Å². The Morgan fingerprint density at radius 3 is 2.40 bits per heavy atom. The Labute approximate surface area is 204 Å². The molecule has 0 saturated carbocycles. The molecule has 8 nitrogen and oxygen atoms in total. The summed E-state index contributed by atoms with van der Waals surface area (Å²) in [5.74, 6) is 1.43. The largest absolute Gasteiger partial charge is 0.493 e. The van der Waals surface area contributed by atoms with Crippen molar-refractivity contribution in [1.82, 2.24) is 14.8 Å². The van der Waals surface area contributed by atoms with E-state index in [9.17, 15) is 9.59 Å². The molecule has 3 heterocycles. The summed E-state index contributed by atoms with van der Waals surface area (Å²) in [7, 11) is 4.70. The second-order valence-electron chi connectivity index (χ2n) is 9.06. The lowest BCUT2D eigenvalue weighted by atomic mass is 9.86. The number of amides is 2. The van der Waals surface area contributed by atoms with Crippen LogP contribution in [-0.4, -0.2) is 67.1 Å². The van der Waals surface area contributed by atoms with Gasteiger partial charge in [-0.3, -0.25) is 9.59 Å². The van der Waals surface area contributed by atoms with Crippen molar-refractivity contribution >= 4 is 22.7 Å². The minimum absolute atomic E-state index is 0.00595. The lowest BCUT2D eigenvalue weighted by Gasteiger charge is -2.47. The van der Waals surface area contributed by atoms with Crippen LogP contribution in [0.3, 0.4) is 0 Å². The predicted molar refractivity (Wildman–Crippen MR) is 132 cm³/mol. The Morgan fingerprint density at radius 1 is 1.03 bits per heavy atom. The second kappa shape index (κ2) is 9.17. The molecule has 3 aromatic rings. The van der Waals surface area contributed by atoms with Gasteiger partial charge in [-0.2, -0.15) is 0 Å². The number of H-pyrrole nitrogens is 1. The number of hydrogen-bond donors (Lipinski definition) is 1. The zero-order valence-corrected chi connectivity index (χ0v) is 20.6. The van der Waals surface area contributed by atoms with Crippen molar-refractivity contribution in [3.05, 3.63) is 53.2 Å². The number of methoxy groups -OCH3 is 3. The highest BCUT2D eigenvalue weighted by molar-refractivity contribution is 5.97. The van der Waals surface area contributed by atoms with Crippen molar-refractivity contribution in [2.45, 2.75) is 38.3 Å². The Balaban J connectivity index is 1.71. The third kappa shape index (κ3) is 3.68. The van der Waals surface area contributed by atoms with Crippen molar-refractivity contribution in [3.8, 4) is 17.2 Å². The van der Waals surface area contributed by atoms with Gasteiger partial charge in [0.05, 0.1) is 33.9 Å². The number of benzene rings is 2. The van der Waals surface area contributed by atoms with Gasteiger partial charge >= 0.3 is 0 Å². The van der Waals surface area contributed by atoms with E-state index in [2.05, 4.69) is 18.0 Å². The zero-order valence-electron chi connectivity index (χ0n) is 20.6. The van der Waals surface area contributed by atoms with Crippen LogP contribution in [0.2, 0.25) is 0 Å². The minimum atomic E-state index is -0.566. The van der Waals surface area contributed by atoms with E-state index in [1.165, 1.54) is 0 Å². The molecule has 5 rings (SSSR count). The van der Waals surface area contributed by atoms with E-state index < -0.39 is 12.1 Å². The summed E-state index contributed by atoms with van der Waals surface area (Å²) in [6, 6.07) is 10.7. The van der Waals surface area contributed by atoms with E-state index in [0.717, 1.165) is 40.6 Å². The SMILES string of the molecule is CCCCN1CC(=O)N2[C@H](c3cc(OC)c(OC)c(OC)c3)c3[nH]c4ccccc4c3C[C@H]2C1=O. The number of carbonyl (C=O) groups excluding carboxylic acids is 2. The minimum Gasteiger partial charge on any atom is -0.493 e. The van der Waals surface area contributed by atoms with Gasteiger partial charge < -0.3 is 29.0 Å². The van der Waals surface area contributed by atoms with E-state index in [-0.39, 0.29) is 18.4 Å². The van der Waals surface area contributed by atoms with Crippen LogP contribution in [0.15, 0.2) is 36.4 Å². The molecule has 1 fully saturated rings. The molecule has 8 heteroatoms. The molecule has 35 heavy (non-hydrogen) atoms. The van der Waals surface area contributed by atoms with Gasteiger partial charge in [0.2, 0.25) is 17.6 Å². The standard InChI is InChI=1S/C27H31N3O5/c1-5-6-11-29-15-23(31)30-20(27(29)32)14-18-17-9-7-8-10-19(17)28-24(18)25(30)16-12-21(33-2)26(35-4)22(13-16)34-3/h7-10,12-13,20,25,28H,5-6,11,14-15H2,1-4H3/t20-,25+/m0/s1. The molecule has 184 valence electrons. The summed E-state index contributed by atoms with van der Waals surface area (Å²) >= 11 is 0. The number of nitrogens with one attached hydrogen (secondary N) is 1. The third-order valence-electron chi connectivity index (χ3n) is 7.13. The first-order valence-corrected chi connectivity index (χ1v) is 12.0. The first-order valence-electron chi connectivity index (χ1n) is 12.0. The van der Waals surface area contributed by atoms with Crippen molar-refractivity contribution < 1.29 is 23.8 Å². The summed E-state index contributed by atoms with van der Waals surface area (Å²) in [6.45, 7) is 2.77. The first kappa shape index (κ1) is 23.1. The van der Waals surface area contributed by atoms with Gasteiger partial charge in [-0.1, -0.05) is 31.5 Å². The third-order valence-corrected chi connectivity index (χ3v) is 7.13. The molecular formula is C27H31N3O5. The van der Waals surface area contributed by atoms with Gasteiger partial charge in [0.15, 0.2) is 11.5 Å². The van der Waals surface area contributed by atoms with Crippen molar-refractivity contribution in [3.63, 3.8) is 0 Å². The number of hydrogen-bond acceptors (Lipinski definition) is 5. The molecule has 2 aromatic carbocycles. The lowest BCUT2D eigenvalue weighted by molar-refractivity contribution is -0.158. The number of unbranched alkanes of at least 4 members (excludes halogenated alkanes) is 1. The lowest BCUT2D eigenvalue weighted by Crippen LogP contribution is -2.63. The zero-order chi connectivity index (χ0) is 24.7. The summed E-state index contributed by atoms with van der Waals surface area (Å²) in [5, 5.41) is 1.07. The molecule has 0 bridgehead atoms. The van der Waals surface area contributed by atoms with Gasteiger partial charge in [-0.15, -0.1) is 0 Å². The molecule has 2 amide bonds. The topological polar surface area (TPSA) is 84.1 Å². The number of nitrogens with zero attached hydrogens (tertiary/aromatic N) is 2. The highest BCUT2D eigenvalue weighted by Crippen LogP contribution is 2.46. The molecule has 1 aromatic heterocycles. The molecule has 0 spiro atoms. The highest BCUT2D eigenvalue weighted by Gasteiger charge is 2.48. The van der Waals surface area contributed by atoms with E-state index >= 15 is 0 Å².